The van der Waals surface area contributed by atoms with Gasteiger partial charge in [-0.2, -0.15) is 0 Å². The Morgan fingerprint density at radius 1 is 0.882 bits per heavy atom. The largest absolute Gasteiger partial charge is 0.480 e. The van der Waals surface area contributed by atoms with Crippen LogP contribution in [0.5, 0.6) is 0 Å². The van der Waals surface area contributed by atoms with Gasteiger partial charge in [-0.1, -0.05) is 58.3 Å². The molecule has 1 amide bonds. The third-order valence-corrected chi connectivity index (χ3v) is 5.26. The highest BCUT2D eigenvalue weighted by molar-refractivity contribution is 5.91. The van der Waals surface area contributed by atoms with Crippen LogP contribution in [0.4, 0.5) is 0 Å². The molecular formula is C23H43N5O6. The number of ether oxygens (including phenoxy) is 1. The van der Waals surface area contributed by atoms with Gasteiger partial charge < -0.3 is 32.4 Å². The van der Waals surface area contributed by atoms with Crippen molar-refractivity contribution in [3.63, 3.8) is 0 Å². The molecule has 196 valence electrons. The summed E-state index contributed by atoms with van der Waals surface area (Å²) in [5, 5.41) is 11.4. The fourth-order valence-electron chi connectivity index (χ4n) is 3.25. The van der Waals surface area contributed by atoms with Crippen LogP contribution in [0.15, 0.2) is 4.99 Å². The van der Waals surface area contributed by atoms with Crippen LogP contribution in [0.25, 0.3) is 0 Å². The van der Waals surface area contributed by atoms with Gasteiger partial charge in [-0.05, 0) is 25.7 Å². The van der Waals surface area contributed by atoms with Gasteiger partial charge in [0, 0.05) is 19.4 Å². The highest BCUT2D eigenvalue weighted by Gasteiger charge is 2.25. The summed E-state index contributed by atoms with van der Waals surface area (Å²) in [6, 6.07) is -2.26. The highest BCUT2D eigenvalue weighted by Crippen LogP contribution is 2.11. The molecule has 0 aromatic heterocycles. The van der Waals surface area contributed by atoms with Gasteiger partial charge >= 0.3 is 17.9 Å². The van der Waals surface area contributed by atoms with E-state index in [1.54, 1.807) is 0 Å². The second kappa shape index (κ2) is 19.7. The first-order valence-corrected chi connectivity index (χ1v) is 12.2. The maximum absolute atomic E-state index is 12.4. The van der Waals surface area contributed by atoms with E-state index in [9.17, 15) is 19.2 Å². The summed E-state index contributed by atoms with van der Waals surface area (Å²) in [5.74, 6) is -3.44. The average Bonchev–Trinajstić information content (AvgIpc) is 2.77. The summed E-state index contributed by atoms with van der Waals surface area (Å²) >= 11 is 0. The van der Waals surface area contributed by atoms with Crippen molar-refractivity contribution in [3.05, 3.63) is 0 Å². The minimum atomic E-state index is -1.25. The lowest BCUT2D eigenvalue weighted by atomic mass is 10.1. The molecular weight excluding hydrogens is 442 g/mol. The number of unbranched alkanes of at least 4 members (excludes halogenated alkanes) is 8. The lowest BCUT2D eigenvalue weighted by Crippen LogP contribution is -2.42. The quantitative estimate of drug-likeness (QED) is 0.0559. The zero-order chi connectivity index (χ0) is 25.8. The van der Waals surface area contributed by atoms with Crippen molar-refractivity contribution < 1.29 is 29.0 Å². The number of amides is 1. The Hall–Kier alpha value is -2.69. The second-order valence-corrected chi connectivity index (χ2v) is 8.42. The van der Waals surface area contributed by atoms with Gasteiger partial charge in [-0.15, -0.1) is 0 Å². The van der Waals surface area contributed by atoms with Crippen LogP contribution in [0.1, 0.15) is 96.8 Å². The predicted molar refractivity (Wildman–Crippen MR) is 130 cm³/mol. The number of hydrogen-bond donors (Lipinski definition) is 5. The number of aliphatic imine (C=N–C) groups is 1. The summed E-state index contributed by atoms with van der Waals surface area (Å²) in [4.78, 5) is 51.2. The Labute approximate surface area is 202 Å². The van der Waals surface area contributed by atoms with E-state index in [-0.39, 0.29) is 44.1 Å². The molecule has 0 spiro atoms. The molecule has 0 saturated carbocycles. The van der Waals surface area contributed by atoms with E-state index in [1.807, 2.05) is 0 Å². The SMILES string of the molecule is CCCCCCCCCCCC(=O)N[C@@H](CCCN=C(N)N)C(=O)OC(=O)CC[C@H](N)C(=O)O. The number of carbonyl (C=O) groups is 4. The van der Waals surface area contributed by atoms with Gasteiger partial charge in [-0.25, -0.2) is 4.79 Å². The van der Waals surface area contributed by atoms with Crippen molar-refractivity contribution >= 4 is 29.8 Å². The van der Waals surface area contributed by atoms with Gasteiger partial charge in [0.25, 0.3) is 0 Å². The molecule has 11 heteroatoms. The molecule has 0 aliphatic heterocycles. The number of nitrogens with two attached hydrogens (primary N) is 3. The number of carboxylic acids is 1. The Kier molecular flexibility index (Phi) is 18.2. The Bertz CT molecular complexity index is 652. The number of nitrogens with one attached hydrogen (secondary N) is 1. The van der Waals surface area contributed by atoms with Gasteiger partial charge in [0.15, 0.2) is 5.96 Å². The number of hydrogen-bond acceptors (Lipinski definition) is 7. The Morgan fingerprint density at radius 3 is 2.03 bits per heavy atom. The first-order valence-electron chi connectivity index (χ1n) is 12.2. The summed E-state index contributed by atoms with van der Waals surface area (Å²) in [7, 11) is 0. The molecule has 0 radical (unpaired) electrons. The monoisotopic (exact) mass is 485 g/mol. The lowest BCUT2D eigenvalue weighted by molar-refractivity contribution is -0.162. The number of nitrogens with zero attached hydrogens (tertiary/aromatic N) is 1. The number of carbonyl (C=O) groups excluding carboxylic acids is 3. The molecule has 0 heterocycles. The molecule has 0 aliphatic carbocycles. The van der Waals surface area contributed by atoms with Gasteiger partial charge in [-0.3, -0.25) is 19.4 Å². The predicted octanol–water partition coefficient (Wildman–Crippen LogP) is 1.71. The fraction of sp³-hybridized carbons (Fsp3) is 0.783. The van der Waals surface area contributed by atoms with E-state index >= 15 is 0 Å². The smallest absolute Gasteiger partial charge is 0.336 e. The van der Waals surface area contributed by atoms with Crippen LogP contribution in [0.2, 0.25) is 0 Å². The lowest BCUT2D eigenvalue weighted by Gasteiger charge is -2.17. The zero-order valence-corrected chi connectivity index (χ0v) is 20.4. The van der Waals surface area contributed by atoms with Crippen LogP contribution in [0, 0.1) is 0 Å². The molecule has 34 heavy (non-hydrogen) atoms. The zero-order valence-electron chi connectivity index (χ0n) is 20.4. The molecule has 11 nitrogen and oxygen atoms in total. The van der Waals surface area contributed by atoms with Gasteiger partial charge in [0.1, 0.15) is 12.1 Å². The normalized spacial score (nSPS) is 12.4. The van der Waals surface area contributed by atoms with Crippen LogP contribution in [-0.4, -0.2) is 53.5 Å². The highest BCUT2D eigenvalue weighted by atomic mass is 16.6. The van der Waals surface area contributed by atoms with Crippen LogP contribution < -0.4 is 22.5 Å². The Balaban J connectivity index is 4.49. The number of carboxylic acid groups (broad SMARTS) is 1. The summed E-state index contributed by atoms with van der Waals surface area (Å²) in [5.41, 5.74) is 15.9. The molecule has 8 N–H and O–H groups in total. The van der Waals surface area contributed by atoms with Crippen LogP contribution >= 0.6 is 0 Å². The number of rotatable bonds is 20. The third-order valence-electron chi connectivity index (χ3n) is 5.26. The van der Waals surface area contributed by atoms with Crippen molar-refractivity contribution in [2.24, 2.45) is 22.2 Å². The minimum Gasteiger partial charge on any atom is -0.480 e. The number of aliphatic carboxylic acids is 1. The topological polar surface area (TPSA) is 200 Å². The van der Waals surface area contributed by atoms with E-state index in [2.05, 4.69) is 17.2 Å². The van der Waals surface area contributed by atoms with E-state index in [0.29, 0.717) is 12.8 Å². The number of guanidine groups is 1. The summed E-state index contributed by atoms with van der Waals surface area (Å²) in [6.07, 6.45) is 10.4. The van der Waals surface area contributed by atoms with Crippen LogP contribution in [0.3, 0.4) is 0 Å². The van der Waals surface area contributed by atoms with Gasteiger partial charge in [0.2, 0.25) is 5.91 Å². The van der Waals surface area contributed by atoms with E-state index in [4.69, 9.17) is 27.0 Å². The van der Waals surface area contributed by atoms with Crippen molar-refractivity contribution in [1.29, 1.82) is 0 Å². The standard InChI is InChI=1S/C23H43N5O6/c1-2-3-4-5-6-7-8-9-10-13-19(29)28-18(12-11-16-27-23(25)26)22(33)34-20(30)15-14-17(24)21(31)32/h17-18H,2-16,24H2,1H3,(H,28,29)(H,31,32)(H4,25,26,27)/t17-,18-/m0/s1. The molecule has 0 saturated heterocycles. The molecule has 0 aromatic rings. The van der Waals surface area contributed by atoms with Crippen molar-refractivity contribution in [2.75, 3.05) is 6.54 Å². The molecule has 2 atom stereocenters. The van der Waals surface area contributed by atoms with E-state index in [1.165, 1.54) is 32.1 Å². The molecule has 0 aliphatic rings. The van der Waals surface area contributed by atoms with Gasteiger partial charge in [0.05, 0.1) is 0 Å². The third kappa shape index (κ3) is 17.8. The summed E-state index contributed by atoms with van der Waals surface area (Å²) in [6.45, 7) is 2.44. The van der Waals surface area contributed by atoms with Crippen molar-refractivity contribution in [3.8, 4) is 0 Å². The maximum Gasteiger partial charge on any atom is 0.336 e. The number of esters is 2. The first kappa shape index (κ1) is 31.3. The average molecular weight is 486 g/mol. The fourth-order valence-corrected chi connectivity index (χ4v) is 3.25. The Morgan fingerprint density at radius 2 is 1.47 bits per heavy atom. The van der Waals surface area contributed by atoms with Crippen LogP contribution in [-0.2, 0) is 23.9 Å². The summed E-state index contributed by atoms with van der Waals surface area (Å²) < 4.78 is 4.79. The maximum atomic E-state index is 12.4. The molecule has 0 aromatic carbocycles. The molecule has 0 unspecified atom stereocenters. The van der Waals surface area contributed by atoms with Crippen molar-refractivity contribution in [2.45, 2.75) is 109 Å². The minimum absolute atomic E-state index is 0.0847. The molecule has 0 bridgehead atoms. The molecule has 0 rings (SSSR count). The van der Waals surface area contributed by atoms with E-state index in [0.717, 1.165) is 19.3 Å². The second-order valence-electron chi connectivity index (χ2n) is 8.42. The first-order chi connectivity index (χ1) is 16.2. The van der Waals surface area contributed by atoms with Crippen molar-refractivity contribution in [1.82, 2.24) is 5.32 Å². The van der Waals surface area contributed by atoms with E-state index < -0.39 is 30.0 Å². The molecule has 0 fully saturated rings.